The number of hydrogen-bond acceptors (Lipinski definition) is 7. The van der Waals surface area contributed by atoms with Crippen LogP contribution in [0.1, 0.15) is 5.56 Å². The molecule has 0 unspecified atom stereocenters. The number of para-hydroxylation sites is 1. The Balaban J connectivity index is 1.81. The van der Waals surface area contributed by atoms with Gasteiger partial charge in [-0.25, -0.2) is 13.6 Å². The van der Waals surface area contributed by atoms with Crippen molar-refractivity contribution in [2.24, 2.45) is 5.14 Å². The van der Waals surface area contributed by atoms with Crippen molar-refractivity contribution < 1.29 is 8.42 Å². The van der Waals surface area contributed by atoms with E-state index in [0.29, 0.717) is 37.4 Å². The molecule has 24 heavy (non-hydrogen) atoms. The van der Waals surface area contributed by atoms with Crippen LogP contribution in [0.2, 0.25) is 5.15 Å². The number of nitriles is 1. The van der Waals surface area contributed by atoms with Crippen LogP contribution in [0.3, 0.4) is 0 Å². The van der Waals surface area contributed by atoms with E-state index in [1.54, 1.807) is 18.2 Å². The second kappa shape index (κ2) is 6.57. The Kier molecular flexibility index (Phi) is 4.64. The highest BCUT2D eigenvalue weighted by molar-refractivity contribution is 7.89. The lowest BCUT2D eigenvalue weighted by Gasteiger charge is -2.37. The lowest BCUT2D eigenvalue weighted by Crippen LogP contribution is -2.47. The molecule has 1 aliphatic rings. The molecule has 2 N–H and O–H groups in total. The van der Waals surface area contributed by atoms with Gasteiger partial charge in [-0.05, 0) is 23.7 Å². The smallest absolute Gasteiger partial charge is 0.240 e. The fourth-order valence-corrected chi connectivity index (χ4v) is 4.52. The van der Waals surface area contributed by atoms with Crippen LogP contribution in [0, 0.1) is 11.3 Å². The minimum absolute atomic E-state index is 0.122. The Hall–Kier alpha value is -1.86. The predicted molar refractivity (Wildman–Crippen MR) is 94.1 cm³/mol. The van der Waals surface area contributed by atoms with Gasteiger partial charge >= 0.3 is 0 Å². The first-order valence-corrected chi connectivity index (χ1v) is 9.78. The van der Waals surface area contributed by atoms with Crippen molar-refractivity contribution in [3.8, 4) is 6.07 Å². The number of rotatable bonds is 3. The van der Waals surface area contributed by atoms with E-state index in [1.165, 1.54) is 17.6 Å². The van der Waals surface area contributed by atoms with Crippen LogP contribution in [0.25, 0.3) is 0 Å². The third-order valence-electron chi connectivity index (χ3n) is 3.82. The molecule has 126 valence electrons. The van der Waals surface area contributed by atoms with Crippen molar-refractivity contribution >= 4 is 43.8 Å². The first kappa shape index (κ1) is 17.0. The Bertz CT molecular complexity index is 898. The van der Waals surface area contributed by atoms with Gasteiger partial charge < -0.3 is 9.80 Å². The molecule has 1 aliphatic heterocycles. The van der Waals surface area contributed by atoms with Crippen molar-refractivity contribution in [3.05, 3.63) is 35.0 Å². The molecule has 1 fully saturated rings. The molecule has 0 saturated carbocycles. The van der Waals surface area contributed by atoms with Gasteiger partial charge in [0.2, 0.25) is 10.0 Å². The number of piperazine rings is 1. The molecular formula is C14H14ClN5O2S2. The molecule has 0 atom stereocenters. The Morgan fingerprint density at radius 1 is 1.21 bits per heavy atom. The van der Waals surface area contributed by atoms with E-state index >= 15 is 0 Å². The predicted octanol–water partition coefficient (Wildman–Crippen LogP) is 1.64. The number of nitrogens with two attached hydrogens (primary N) is 1. The lowest BCUT2D eigenvalue weighted by atomic mass is 10.2. The molecule has 0 spiro atoms. The van der Waals surface area contributed by atoms with Crippen LogP contribution in [0.4, 0.5) is 10.7 Å². The van der Waals surface area contributed by atoms with Crippen molar-refractivity contribution in [1.29, 1.82) is 5.26 Å². The summed E-state index contributed by atoms with van der Waals surface area (Å²) in [6.07, 6.45) is 0. The monoisotopic (exact) mass is 383 g/mol. The van der Waals surface area contributed by atoms with E-state index in [4.69, 9.17) is 16.7 Å². The van der Waals surface area contributed by atoms with E-state index in [-0.39, 0.29) is 10.0 Å². The Morgan fingerprint density at radius 3 is 2.46 bits per heavy atom. The number of nitrogens with zero attached hydrogens (tertiary/aromatic N) is 4. The Morgan fingerprint density at radius 2 is 1.83 bits per heavy atom. The van der Waals surface area contributed by atoms with Gasteiger partial charge in [0.15, 0.2) is 5.15 Å². The van der Waals surface area contributed by atoms with E-state index < -0.39 is 10.0 Å². The number of sulfonamides is 1. The van der Waals surface area contributed by atoms with Crippen LogP contribution in [-0.2, 0) is 10.0 Å². The van der Waals surface area contributed by atoms with E-state index in [0.717, 1.165) is 5.00 Å². The molecule has 7 nitrogen and oxygen atoms in total. The summed E-state index contributed by atoms with van der Waals surface area (Å²) >= 11 is 7.12. The van der Waals surface area contributed by atoms with Gasteiger partial charge in [0.05, 0.1) is 5.69 Å². The molecule has 3 rings (SSSR count). The van der Waals surface area contributed by atoms with Crippen molar-refractivity contribution in [3.63, 3.8) is 0 Å². The summed E-state index contributed by atoms with van der Waals surface area (Å²) in [6.45, 7) is 2.47. The fourth-order valence-electron chi connectivity index (χ4n) is 2.68. The SMILES string of the molecule is N#Cc1c(Cl)nsc1N1CCN(c2ccccc2S(N)(=O)=O)CC1. The van der Waals surface area contributed by atoms with E-state index in [9.17, 15) is 13.7 Å². The molecule has 0 aliphatic carbocycles. The quantitative estimate of drug-likeness (QED) is 0.864. The van der Waals surface area contributed by atoms with Gasteiger partial charge in [-0.2, -0.15) is 9.64 Å². The summed E-state index contributed by atoms with van der Waals surface area (Å²) in [7, 11) is -3.78. The van der Waals surface area contributed by atoms with Gasteiger partial charge in [0.25, 0.3) is 0 Å². The second-order valence-electron chi connectivity index (χ2n) is 5.25. The zero-order chi connectivity index (χ0) is 17.3. The standard InChI is InChI=1S/C14H14ClN5O2S2/c15-13-10(9-16)14(23-18-13)20-7-5-19(6-8-20)11-3-1-2-4-12(11)24(17,21)22/h1-4H,5-8H2,(H2,17,21,22). The first-order valence-electron chi connectivity index (χ1n) is 7.09. The molecule has 0 amide bonds. The molecule has 1 saturated heterocycles. The number of halogens is 1. The van der Waals surface area contributed by atoms with Gasteiger partial charge in [-0.1, -0.05) is 23.7 Å². The normalized spacial score (nSPS) is 15.4. The average Bonchev–Trinajstić information content (AvgIpc) is 2.95. The molecule has 0 radical (unpaired) electrons. The van der Waals surface area contributed by atoms with Gasteiger partial charge in [-0.3, -0.25) is 0 Å². The molecule has 1 aromatic heterocycles. The number of aromatic nitrogens is 1. The summed E-state index contributed by atoms with van der Waals surface area (Å²) < 4.78 is 27.5. The van der Waals surface area contributed by atoms with Gasteiger partial charge in [-0.15, -0.1) is 0 Å². The highest BCUT2D eigenvalue weighted by Crippen LogP contribution is 2.33. The van der Waals surface area contributed by atoms with Gasteiger partial charge in [0.1, 0.15) is 21.5 Å². The average molecular weight is 384 g/mol. The molecule has 1 aromatic carbocycles. The molecular weight excluding hydrogens is 370 g/mol. The minimum Gasteiger partial charge on any atom is -0.367 e. The van der Waals surface area contributed by atoms with Crippen LogP contribution >= 0.6 is 23.1 Å². The summed E-state index contributed by atoms with van der Waals surface area (Å²) in [5.41, 5.74) is 0.988. The largest absolute Gasteiger partial charge is 0.367 e. The third kappa shape index (κ3) is 3.18. The summed E-state index contributed by atoms with van der Waals surface area (Å²) in [6, 6.07) is 8.77. The summed E-state index contributed by atoms with van der Waals surface area (Å²) in [5, 5.41) is 15.5. The number of benzene rings is 1. The maximum atomic E-state index is 11.8. The zero-order valence-corrected chi connectivity index (χ0v) is 14.9. The van der Waals surface area contributed by atoms with Crippen LogP contribution < -0.4 is 14.9 Å². The molecule has 2 aromatic rings. The molecule has 0 bridgehead atoms. The number of hydrogen-bond donors (Lipinski definition) is 1. The molecule has 10 heteroatoms. The maximum Gasteiger partial charge on any atom is 0.240 e. The summed E-state index contributed by atoms with van der Waals surface area (Å²) in [5.74, 6) is 0. The second-order valence-corrected chi connectivity index (χ2v) is 7.89. The zero-order valence-electron chi connectivity index (χ0n) is 12.5. The van der Waals surface area contributed by atoms with Crippen LogP contribution in [0.15, 0.2) is 29.2 Å². The molecule has 2 heterocycles. The first-order chi connectivity index (χ1) is 11.4. The number of primary sulfonamides is 1. The van der Waals surface area contributed by atoms with Crippen molar-refractivity contribution in [2.75, 3.05) is 36.0 Å². The van der Waals surface area contributed by atoms with Crippen molar-refractivity contribution in [2.45, 2.75) is 4.90 Å². The summed E-state index contributed by atoms with van der Waals surface area (Å²) in [4.78, 5) is 4.14. The minimum atomic E-state index is -3.78. The number of anilines is 2. The highest BCUT2D eigenvalue weighted by Gasteiger charge is 2.25. The Labute approximate surface area is 149 Å². The van der Waals surface area contributed by atoms with Gasteiger partial charge in [0, 0.05) is 26.2 Å². The fraction of sp³-hybridized carbons (Fsp3) is 0.286. The van der Waals surface area contributed by atoms with Crippen LogP contribution in [-0.4, -0.2) is 39.0 Å². The van der Waals surface area contributed by atoms with Crippen molar-refractivity contribution in [1.82, 2.24) is 4.37 Å². The lowest BCUT2D eigenvalue weighted by molar-refractivity contribution is 0.595. The highest BCUT2D eigenvalue weighted by atomic mass is 35.5. The third-order valence-corrected chi connectivity index (χ3v) is 6.06. The topological polar surface area (TPSA) is 103 Å². The van der Waals surface area contributed by atoms with E-state index in [2.05, 4.69) is 10.4 Å². The van der Waals surface area contributed by atoms with E-state index in [1.807, 2.05) is 9.80 Å². The van der Waals surface area contributed by atoms with Crippen LogP contribution in [0.5, 0.6) is 0 Å². The maximum absolute atomic E-state index is 11.8.